The molecule has 0 unspecified atom stereocenters. The summed E-state index contributed by atoms with van der Waals surface area (Å²) in [4.78, 5) is 21.9. The number of aliphatic imine (C=N–C) groups is 1. The van der Waals surface area contributed by atoms with Gasteiger partial charge in [-0.05, 0) is 60.4 Å². The molecule has 1 atom stereocenters. The van der Waals surface area contributed by atoms with E-state index >= 15 is 0 Å². The molecule has 5 nitrogen and oxygen atoms in total. The molecule has 2 N–H and O–H groups in total. The second kappa shape index (κ2) is 8.23. The van der Waals surface area contributed by atoms with Crippen LogP contribution in [0.25, 0.3) is 17.0 Å². The zero-order chi connectivity index (χ0) is 18.6. The number of carbonyl (C=O) groups is 1. The second-order valence-corrected chi connectivity index (χ2v) is 8.13. The molecule has 1 saturated carbocycles. The third-order valence-corrected chi connectivity index (χ3v) is 6.16. The van der Waals surface area contributed by atoms with Gasteiger partial charge in [0.1, 0.15) is 0 Å². The van der Waals surface area contributed by atoms with Crippen LogP contribution in [0.5, 0.6) is 0 Å². The minimum atomic E-state index is -0.134. The topological polar surface area (TPSA) is 74.6 Å². The standard InChI is InChI=1S/C21H23N3O2S/c25-13-18(15-5-2-1-3-6-15)23-21-24-20(26)19(27-21)12-14-8-9-17-16(11-14)7-4-10-22-17/h4,7-12,15,18,25H,1-3,5-6,13H2,(H,23,24,26)/t18-/m0/s1. The van der Waals surface area contributed by atoms with E-state index in [0.717, 1.165) is 29.3 Å². The SMILES string of the molecule is O=C1NC(=N[C@@H](CO)C2CCCCC2)SC1=Cc1ccc2ncccc2c1. The highest BCUT2D eigenvalue weighted by Crippen LogP contribution is 2.31. The summed E-state index contributed by atoms with van der Waals surface area (Å²) in [5, 5.41) is 14.2. The predicted octanol–water partition coefficient (Wildman–Crippen LogP) is 3.74. The lowest BCUT2D eigenvalue weighted by Crippen LogP contribution is -2.28. The maximum Gasteiger partial charge on any atom is 0.264 e. The maximum atomic E-state index is 12.3. The van der Waals surface area contributed by atoms with E-state index in [-0.39, 0.29) is 18.6 Å². The van der Waals surface area contributed by atoms with Crippen LogP contribution in [-0.2, 0) is 4.79 Å². The molecule has 1 aromatic heterocycles. The Hall–Kier alpha value is -2.18. The molecule has 2 aliphatic rings. The number of aromatic nitrogens is 1. The average Bonchev–Trinajstić information content (AvgIpc) is 3.05. The van der Waals surface area contributed by atoms with Crippen molar-refractivity contribution in [2.75, 3.05) is 6.61 Å². The van der Waals surface area contributed by atoms with Crippen molar-refractivity contribution in [3.05, 3.63) is 47.0 Å². The molecule has 2 aromatic rings. The number of rotatable bonds is 4. The summed E-state index contributed by atoms with van der Waals surface area (Å²) in [6.07, 6.45) is 9.53. The van der Waals surface area contributed by atoms with Gasteiger partial charge in [-0.15, -0.1) is 0 Å². The Bertz CT molecular complexity index is 903. The first-order chi connectivity index (χ1) is 13.2. The van der Waals surface area contributed by atoms with Crippen molar-refractivity contribution in [2.24, 2.45) is 10.9 Å². The fourth-order valence-electron chi connectivity index (χ4n) is 3.79. The van der Waals surface area contributed by atoms with Gasteiger partial charge in [-0.3, -0.25) is 14.8 Å². The lowest BCUT2D eigenvalue weighted by Gasteiger charge is -2.26. The van der Waals surface area contributed by atoms with Gasteiger partial charge in [-0.1, -0.05) is 31.4 Å². The quantitative estimate of drug-likeness (QED) is 0.791. The van der Waals surface area contributed by atoms with Crippen molar-refractivity contribution >= 4 is 39.8 Å². The molecule has 27 heavy (non-hydrogen) atoms. The predicted molar refractivity (Wildman–Crippen MR) is 110 cm³/mol. The Kier molecular flexibility index (Phi) is 5.55. The Balaban J connectivity index is 1.52. The maximum absolute atomic E-state index is 12.3. The molecule has 1 saturated heterocycles. The van der Waals surface area contributed by atoms with Crippen molar-refractivity contribution < 1.29 is 9.90 Å². The van der Waals surface area contributed by atoms with Crippen LogP contribution in [0.4, 0.5) is 0 Å². The summed E-state index contributed by atoms with van der Waals surface area (Å²) < 4.78 is 0. The number of hydrogen-bond acceptors (Lipinski definition) is 5. The normalized spacial score (nSPS) is 22.5. The first-order valence-corrected chi connectivity index (χ1v) is 10.3. The molecule has 2 heterocycles. The van der Waals surface area contributed by atoms with E-state index < -0.39 is 0 Å². The summed E-state index contributed by atoms with van der Waals surface area (Å²) >= 11 is 1.35. The molecule has 140 valence electrons. The van der Waals surface area contributed by atoms with Crippen LogP contribution >= 0.6 is 11.8 Å². The third kappa shape index (κ3) is 4.22. The summed E-state index contributed by atoms with van der Waals surface area (Å²) in [7, 11) is 0. The number of benzene rings is 1. The van der Waals surface area contributed by atoms with Gasteiger partial charge in [0.25, 0.3) is 5.91 Å². The van der Waals surface area contributed by atoms with Gasteiger partial charge in [-0.2, -0.15) is 0 Å². The van der Waals surface area contributed by atoms with E-state index in [9.17, 15) is 9.90 Å². The summed E-state index contributed by atoms with van der Waals surface area (Å²) in [5.41, 5.74) is 1.89. The third-order valence-electron chi connectivity index (χ3n) is 5.24. The highest BCUT2D eigenvalue weighted by atomic mass is 32.2. The van der Waals surface area contributed by atoms with E-state index in [1.54, 1.807) is 6.20 Å². The minimum absolute atomic E-state index is 0.0291. The Labute approximate surface area is 163 Å². The summed E-state index contributed by atoms with van der Waals surface area (Å²) in [6.45, 7) is 0.0291. The van der Waals surface area contributed by atoms with Gasteiger partial charge < -0.3 is 10.4 Å². The van der Waals surface area contributed by atoms with Crippen molar-refractivity contribution in [3.63, 3.8) is 0 Å². The average molecular weight is 382 g/mol. The number of aliphatic hydroxyl groups is 1. The molecule has 1 aliphatic heterocycles. The van der Waals surface area contributed by atoms with Crippen LogP contribution in [0, 0.1) is 5.92 Å². The zero-order valence-electron chi connectivity index (χ0n) is 15.1. The highest BCUT2D eigenvalue weighted by molar-refractivity contribution is 8.18. The van der Waals surface area contributed by atoms with Gasteiger partial charge in [0, 0.05) is 11.6 Å². The second-order valence-electron chi connectivity index (χ2n) is 7.10. The Morgan fingerprint density at radius 2 is 2.15 bits per heavy atom. The number of carbonyl (C=O) groups excluding carboxylic acids is 1. The number of pyridine rings is 1. The van der Waals surface area contributed by atoms with E-state index in [2.05, 4.69) is 15.3 Å². The van der Waals surface area contributed by atoms with Gasteiger partial charge in [0.15, 0.2) is 5.17 Å². The van der Waals surface area contributed by atoms with Gasteiger partial charge in [0.2, 0.25) is 0 Å². The summed E-state index contributed by atoms with van der Waals surface area (Å²) in [6, 6.07) is 9.73. The van der Waals surface area contributed by atoms with E-state index in [4.69, 9.17) is 0 Å². The molecule has 2 fully saturated rings. The van der Waals surface area contributed by atoms with E-state index in [0.29, 0.717) is 16.0 Å². The van der Waals surface area contributed by atoms with Crippen LogP contribution in [0.15, 0.2) is 46.4 Å². The number of fused-ring (bicyclic) bond motifs is 1. The molecule has 0 bridgehead atoms. The van der Waals surface area contributed by atoms with Crippen molar-refractivity contribution in [1.29, 1.82) is 0 Å². The molecule has 4 rings (SSSR count). The Morgan fingerprint density at radius 3 is 2.96 bits per heavy atom. The van der Waals surface area contributed by atoms with Crippen molar-refractivity contribution in [1.82, 2.24) is 10.3 Å². The van der Waals surface area contributed by atoms with Crippen LogP contribution < -0.4 is 5.32 Å². The number of hydrogen-bond donors (Lipinski definition) is 2. The number of amidine groups is 1. The van der Waals surface area contributed by atoms with Crippen molar-refractivity contribution in [3.8, 4) is 0 Å². The molecule has 1 amide bonds. The number of amides is 1. The lowest BCUT2D eigenvalue weighted by molar-refractivity contribution is -0.115. The van der Waals surface area contributed by atoms with Gasteiger partial charge >= 0.3 is 0 Å². The van der Waals surface area contributed by atoms with Crippen molar-refractivity contribution in [2.45, 2.75) is 38.1 Å². The number of nitrogens with one attached hydrogen (secondary N) is 1. The lowest BCUT2D eigenvalue weighted by atomic mass is 9.84. The van der Waals surface area contributed by atoms with Crippen LogP contribution in [-0.4, -0.2) is 33.8 Å². The molecule has 0 radical (unpaired) electrons. The zero-order valence-corrected chi connectivity index (χ0v) is 15.9. The highest BCUT2D eigenvalue weighted by Gasteiger charge is 2.28. The van der Waals surface area contributed by atoms with E-state index in [1.807, 2.05) is 36.4 Å². The monoisotopic (exact) mass is 381 g/mol. The fourth-order valence-corrected chi connectivity index (χ4v) is 4.67. The first kappa shape index (κ1) is 18.2. The largest absolute Gasteiger partial charge is 0.394 e. The minimum Gasteiger partial charge on any atom is -0.394 e. The fraction of sp³-hybridized carbons (Fsp3) is 0.381. The summed E-state index contributed by atoms with van der Waals surface area (Å²) in [5.74, 6) is 0.278. The van der Waals surface area contributed by atoms with Crippen LogP contribution in [0.1, 0.15) is 37.7 Å². The molecule has 6 heteroatoms. The number of aliphatic hydroxyl groups excluding tert-OH is 1. The van der Waals surface area contributed by atoms with Crippen LogP contribution in [0.2, 0.25) is 0 Å². The Morgan fingerprint density at radius 1 is 1.30 bits per heavy atom. The molecule has 0 spiro atoms. The first-order valence-electron chi connectivity index (χ1n) is 9.47. The van der Waals surface area contributed by atoms with E-state index in [1.165, 1.54) is 31.0 Å². The molecule has 1 aromatic carbocycles. The smallest absolute Gasteiger partial charge is 0.264 e. The van der Waals surface area contributed by atoms with Crippen LogP contribution in [0.3, 0.4) is 0 Å². The molecular weight excluding hydrogens is 358 g/mol. The van der Waals surface area contributed by atoms with Gasteiger partial charge in [-0.25, -0.2) is 0 Å². The molecule has 1 aliphatic carbocycles. The molecular formula is C21H23N3O2S. The number of thioether (sulfide) groups is 1. The van der Waals surface area contributed by atoms with Gasteiger partial charge in [0.05, 0.1) is 23.1 Å². The number of nitrogens with zero attached hydrogens (tertiary/aromatic N) is 2.